The minimum atomic E-state index is 0.336. The second-order valence-electron chi connectivity index (χ2n) is 4.88. The van der Waals surface area contributed by atoms with E-state index in [-0.39, 0.29) is 0 Å². The third kappa shape index (κ3) is 4.01. The van der Waals surface area contributed by atoms with Gasteiger partial charge in [0.05, 0.1) is 10.6 Å². The van der Waals surface area contributed by atoms with Crippen LogP contribution in [0.1, 0.15) is 24.5 Å². The van der Waals surface area contributed by atoms with E-state index in [9.17, 15) is 0 Å². The van der Waals surface area contributed by atoms with Gasteiger partial charge in [0.15, 0.2) is 0 Å². The van der Waals surface area contributed by atoms with Crippen LogP contribution in [0.2, 0.25) is 5.02 Å². The molecule has 2 aromatic carbocycles. The molecule has 1 N–H and O–H groups in total. The number of hydrogen-bond donors (Lipinski definition) is 1. The van der Waals surface area contributed by atoms with Gasteiger partial charge in [0, 0.05) is 11.7 Å². The lowest BCUT2D eigenvalue weighted by Gasteiger charge is -2.15. The van der Waals surface area contributed by atoms with Crippen molar-refractivity contribution >= 4 is 17.3 Å². The molecule has 2 aromatic rings. The minimum Gasteiger partial charge on any atom is -0.383 e. The highest BCUT2D eigenvalue weighted by Gasteiger charge is 2.05. The molecule has 0 aliphatic heterocycles. The standard InChI is InChI=1S/C17H17ClN2/c1-13(7-8-14-5-3-2-4-6-14)20-16-9-10-17(18)15(11-16)12-19/h2-6,9-11,13,20H,7-8H2,1H3. The van der Waals surface area contributed by atoms with E-state index in [2.05, 4.69) is 42.6 Å². The van der Waals surface area contributed by atoms with E-state index in [0.29, 0.717) is 16.6 Å². The van der Waals surface area contributed by atoms with Crippen molar-refractivity contribution in [1.82, 2.24) is 0 Å². The van der Waals surface area contributed by atoms with Crippen LogP contribution in [0.15, 0.2) is 48.5 Å². The van der Waals surface area contributed by atoms with Crippen molar-refractivity contribution < 1.29 is 0 Å². The van der Waals surface area contributed by atoms with Crippen molar-refractivity contribution in [3.63, 3.8) is 0 Å². The van der Waals surface area contributed by atoms with Gasteiger partial charge < -0.3 is 5.32 Å². The minimum absolute atomic E-state index is 0.336. The quantitative estimate of drug-likeness (QED) is 0.868. The summed E-state index contributed by atoms with van der Waals surface area (Å²) in [5.74, 6) is 0. The van der Waals surface area contributed by atoms with Gasteiger partial charge in [-0.15, -0.1) is 0 Å². The van der Waals surface area contributed by atoms with Crippen molar-refractivity contribution in [2.45, 2.75) is 25.8 Å². The Kier molecular flexibility index (Phi) is 5.03. The van der Waals surface area contributed by atoms with Crippen LogP contribution < -0.4 is 5.32 Å². The summed E-state index contributed by atoms with van der Waals surface area (Å²) in [5.41, 5.74) is 2.79. The molecule has 0 aliphatic rings. The molecule has 2 nitrogen and oxygen atoms in total. The fraction of sp³-hybridized carbons (Fsp3) is 0.235. The molecule has 2 rings (SSSR count). The highest BCUT2D eigenvalue weighted by Crippen LogP contribution is 2.20. The van der Waals surface area contributed by atoms with E-state index in [0.717, 1.165) is 18.5 Å². The fourth-order valence-corrected chi connectivity index (χ4v) is 2.25. The van der Waals surface area contributed by atoms with Crippen LogP contribution in [-0.4, -0.2) is 6.04 Å². The number of halogens is 1. The Balaban J connectivity index is 1.91. The van der Waals surface area contributed by atoms with E-state index < -0.39 is 0 Å². The van der Waals surface area contributed by atoms with Crippen LogP contribution in [0.25, 0.3) is 0 Å². The first-order valence-corrected chi connectivity index (χ1v) is 7.07. The lowest BCUT2D eigenvalue weighted by atomic mass is 10.1. The summed E-state index contributed by atoms with van der Waals surface area (Å²) in [4.78, 5) is 0. The van der Waals surface area contributed by atoms with Crippen LogP contribution in [0, 0.1) is 11.3 Å². The SMILES string of the molecule is CC(CCc1ccccc1)Nc1ccc(Cl)c(C#N)c1. The zero-order valence-corrected chi connectivity index (χ0v) is 12.2. The largest absolute Gasteiger partial charge is 0.383 e. The molecular formula is C17H17ClN2. The summed E-state index contributed by atoms with van der Waals surface area (Å²) in [6, 6.07) is 18.3. The number of anilines is 1. The molecule has 3 heteroatoms. The average Bonchev–Trinajstić information content (AvgIpc) is 2.48. The molecule has 0 spiro atoms. The molecule has 0 aliphatic carbocycles. The van der Waals surface area contributed by atoms with Gasteiger partial charge in [-0.1, -0.05) is 41.9 Å². The number of rotatable bonds is 5. The third-order valence-electron chi connectivity index (χ3n) is 3.21. The lowest BCUT2D eigenvalue weighted by molar-refractivity contribution is 0.706. The van der Waals surface area contributed by atoms with Crippen LogP contribution in [0.3, 0.4) is 0 Å². The van der Waals surface area contributed by atoms with Crippen molar-refractivity contribution in [2.75, 3.05) is 5.32 Å². The van der Waals surface area contributed by atoms with E-state index in [1.165, 1.54) is 5.56 Å². The van der Waals surface area contributed by atoms with Crippen LogP contribution in [0.5, 0.6) is 0 Å². The second kappa shape index (κ2) is 6.98. The van der Waals surface area contributed by atoms with Gasteiger partial charge in [0.2, 0.25) is 0 Å². The predicted molar refractivity (Wildman–Crippen MR) is 84.0 cm³/mol. The van der Waals surface area contributed by atoms with E-state index >= 15 is 0 Å². The van der Waals surface area contributed by atoms with E-state index in [4.69, 9.17) is 16.9 Å². The van der Waals surface area contributed by atoms with Crippen LogP contribution >= 0.6 is 11.6 Å². The van der Waals surface area contributed by atoms with Crippen LogP contribution in [-0.2, 0) is 6.42 Å². The molecule has 0 heterocycles. The summed E-state index contributed by atoms with van der Waals surface area (Å²) >= 11 is 5.92. The second-order valence-corrected chi connectivity index (χ2v) is 5.28. The zero-order valence-electron chi connectivity index (χ0n) is 11.4. The molecule has 102 valence electrons. The Hall–Kier alpha value is -1.98. The Morgan fingerprint density at radius 1 is 1.20 bits per heavy atom. The summed E-state index contributed by atoms with van der Waals surface area (Å²) in [6.45, 7) is 2.14. The normalized spacial score (nSPS) is 11.7. The first-order valence-electron chi connectivity index (χ1n) is 6.69. The highest BCUT2D eigenvalue weighted by atomic mass is 35.5. The summed E-state index contributed by atoms with van der Waals surface area (Å²) in [6.07, 6.45) is 2.07. The predicted octanol–water partition coefficient (Wildman–Crippen LogP) is 4.64. The zero-order chi connectivity index (χ0) is 14.4. The first kappa shape index (κ1) is 14.4. The van der Waals surface area contributed by atoms with Gasteiger partial charge in [-0.2, -0.15) is 5.26 Å². The molecular weight excluding hydrogens is 268 g/mol. The number of hydrogen-bond acceptors (Lipinski definition) is 2. The average molecular weight is 285 g/mol. The molecule has 0 aromatic heterocycles. The van der Waals surface area contributed by atoms with Gasteiger partial charge in [0.25, 0.3) is 0 Å². The number of nitriles is 1. The number of nitrogens with zero attached hydrogens (tertiary/aromatic N) is 1. The fourth-order valence-electron chi connectivity index (χ4n) is 2.09. The third-order valence-corrected chi connectivity index (χ3v) is 3.54. The topological polar surface area (TPSA) is 35.8 Å². The molecule has 0 fully saturated rings. The number of nitrogens with one attached hydrogen (secondary N) is 1. The molecule has 20 heavy (non-hydrogen) atoms. The Labute approximate surface area is 125 Å². The van der Waals surface area contributed by atoms with Gasteiger partial charge in [-0.25, -0.2) is 0 Å². The van der Waals surface area contributed by atoms with Crippen molar-refractivity contribution in [3.05, 3.63) is 64.7 Å². The summed E-state index contributed by atoms with van der Waals surface area (Å²) in [5, 5.41) is 12.9. The molecule has 1 unspecified atom stereocenters. The molecule has 0 saturated heterocycles. The maximum atomic E-state index is 8.97. The Morgan fingerprint density at radius 2 is 1.95 bits per heavy atom. The summed E-state index contributed by atoms with van der Waals surface area (Å²) < 4.78 is 0. The summed E-state index contributed by atoms with van der Waals surface area (Å²) in [7, 11) is 0. The van der Waals surface area contributed by atoms with Crippen molar-refractivity contribution in [2.24, 2.45) is 0 Å². The monoisotopic (exact) mass is 284 g/mol. The van der Waals surface area contributed by atoms with Crippen molar-refractivity contribution in [3.8, 4) is 6.07 Å². The van der Waals surface area contributed by atoms with Gasteiger partial charge in [-0.05, 0) is 43.5 Å². The molecule has 0 bridgehead atoms. The van der Waals surface area contributed by atoms with Gasteiger partial charge in [0.1, 0.15) is 6.07 Å². The van der Waals surface area contributed by atoms with Gasteiger partial charge in [-0.3, -0.25) is 0 Å². The first-order chi connectivity index (χ1) is 9.69. The Bertz CT molecular complexity index is 602. The molecule has 0 radical (unpaired) electrons. The number of aryl methyl sites for hydroxylation is 1. The van der Waals surface area contributed by atoms with Crippen molar-refractivity contribution in [1.29, 1.82) is 5.26 Å². The maximum absolute atomic E-state index is 8.97. The Morgan fingerprint density at radius 3 is 2.65 bits per heavy atom. The smallest absolute Gasteiger partial charge is 0.101 e. The van der Waals surface area contributed by atoms with Crippen LogP contribution in [0.4, 0.5) is 5.69 Å². The molecule has 1 atom stereocenters. The van der Waals surface area contributed by atoms with E-state index in [1.807, 2.05) is 12.1 Å². The maximum Gasteiger partial charge on any atom is 0.101 e. The molecule has 0 saturated carbocycles. The van der Waals surface area contributed by atoms with E-state index in [1.54, 1.807) is 12.1 Å². The van der Waals surface area contributed by atoms with Gasteiger partial charge >= 0.3 is 0 Å². The lowest BCUT2D eigenvalue weighted by Crippen LogP contribution is -2.16. The number of benzene rings is 2. The molecule has 0 amide bonds. The highest BCUT2D eigenvalue weighted by molar-refractivity contribution is 6.31.